The minimum absolute atomic E-state index is 0.139. The summed E-state index contributed by atoms with van der Waals surface area (Å²) < 4.78 is 12.7. The molecule has 1 aliphatic heterocycles. The van der Waals surface area contributed by atoms with E-state index in [0.29, 0.717) is 0 Å². The molecule has 0 aliphatic carbocycles. The summed E-state index contributed by atoms with van der Waals surface area (Å²) in [5, 5.41) is 0. The minimum atomic E-state index is -0.139. The Labute approximate surface area is 90.9 Å². The van der Waals surface area contributed by atoms with Crippen molar-refractivity contribution >= 4 is 0 Å². The van der Waals surface area contributed by atoms with E-state index in [9.17, 15) is 4.39 Å². The highest BCUT2D eigenvalue weighted by molar-refractivity contribution is 5.16. The van der Waals surface area contributed by atoms with Gasteiger partial charge in [0.25, 0.3) is 0 Å². The van der Waals surface area contributed by atoms with Crippen molar-refractivity contribution in [2.24, 2.45) is 5.92 Å². The van der Waals surface area contributed by atoms with Crippen LogP contribution in [0.2, 0.25) is 0 Å². The molecule has 0 aromatic heterocycles. The normalized spacial score (nSPS) is 22.9. The maximum Gasteiger partial charge on any atom is 0.123 e. The summed E-state index contributed by atoms with van der Waals surface area (Å²) in [5.41, 5.74) is 1.26. The molecule has 0 N–H and O–H groups in total. The molecule has 1 aromatic carbocycles. The molecule has 0 amide bonds. The van der Waals surface area contributed by atoms with E-state index in [1.165, 1.54) is 31.5 Å². The molecule has 1 heterocycles. The van der Waals surface area contributed by atoms with Gasteiger partial charge in [0.15, 0.2) is 0 Å². The number of nitrogens with zero attached hydrogens (tertiary/aromatic N) is 1. The van der Waals surface area contributed by atoms with Gasteiger partial charge < -0.3 is 4.90 Å². The van der Waals surface area contributed by atoms with Crippen LogP contribution in [0.5, 0.6) is 0 Å². The molecular weight excluding hydrogens is 189 g/mol. The molecule has 0 unspecified atom stereocenters. The molecule has 0 saturated carbocycles. The summed E-state index contributed by atoms with van der Waals surface area (Å²) in [6.45, 7) is 2.40. The molecule has 2 rings (SSSR count). The van der Waals surface area contributed by atoms with E-state index >= 15 is 0 Å². The third-order valence-corrected chi connectivity index (χ3v) is 3.16. The number of likely N-dealkylation sites (tertiary alicyclic amines) is 1. The van der Waals surface area contributed by atoms with Crippen LogP contribution in [0.3, 0.4) is 0 Å². The molecule has 1 nitrogen and oxygen atoms in total. The topological polar surface area (TPSA) is 3.24 Å². The average Bonchev–Trinajstić information content (AvgIpc) is 2.22. The lowest BCUT2D eigenvalue weighted by Crippen LogP contribution is -2.32. The first-order chi connectivity index (χ1) is 7.24. The first kappa shape index (κ1) is 10.6. The van der Waals surface area contributed by atoms with E-state index in [1.807, 2.05) is 12.1 Å². The summed E-state index contributed by atoms with van der Waals surface area (Å²) in [7, 11) is 2.18. The number of hydrogen-bond acceptors (Lipinski definition) is 1. The van der Waals surface area contributed by atoms with Crippen LogP contribution in [0.1, 0.15) is 18.4 Å². The van der Waals surface area contributed by atoms with Crippen LogP contribution in [0.15, 0.2) is 24.3 Å². The second-order valence-corrected chi connectivity index (χ2v) is 4.60. The molecular formula is C13H18FN. The summed E-state index contributed by atoms with van der Waals surface area (Å²) in [4.78, 5) is 2.39. The summed E-state index contributed by atoms with van der Waals surface area (Å²) in [6.07, 6.45) is 3.69. The Morgan fingerprint density at radius 1 is 1.33 bits per heavy atom. The van der Waals surface area contributed by atoms with Gasteiger partial charge in [-0.05, 0) is 56.5 Å². The molecule has 0 bridgehead atoms. The molecule has 0 spiro atoms. The van der Waals surface area contributed by atoms with E-state index in [4.69, 9.17) is 0 Å². The largest absolute Gasteiger partial charge is 0.306 e. The lowest BCUT2D eigenvalue weighted by molar-refractivity contribution is 0.209. The summed E-state index contributed by atoms with van der Waals surface area (Å²) in [5.74, 6) is 0.605. The van der Waals surface area contributed by atoms with Crippen molar-refractivity contribution in [1.29, 1.82) is 0 Å². The molecule has 1 aromatic rings. The van der Waals surface area contributed by atoms with Crippen LogP contribution >= 0.6 is 0 Å². The third-order valence-electron chi connectivity index (χ3n) is 3.16. The first-order valence-corrected chi connectivity index (χ1v) is 5.67. The van der Waals surface area contributed by atoms with Crippen LogP contribution in [0.25, 0.3) is 0 Å². The lowest BCUT2D eigenvalue weighted by Gasteiger charge is -2.29. The lowest BCUT2D eigenvalue weighted by atomic mass is 9.91. The van der Waals surface area contributed by atoms with Gasteiger partial charge in [-0.25, -0.2) is 4.39 Å². The Bertz CT molecular complexity index is 307. The fourth-order valence-electron chi connectivity index (χ4n) is 2.39. The Hall–Kier alpha value is -0.890. The third kappa shape index (κ3) is 3.03. The molecule has 15 heavy (non-hydrogen) atoms. The zero-order valence-corrected chi connectivity index (χ0v) is 9.25. The van der Waals surface area contributed by atoms with Gasteiger partial charge in [0, 0.05) is 6.54 Å². The highest BCUT2D eigenvalue weighted by Crippen LogP contribution is 2.19. The van der Waals surface area contributed by atoms with Crippen LogP contribution in [-0.2, 0) is 6.42 Å². The zero-order valence-electron chi connectivity index (χ0n) is 9.25. The van der Waals surface area contributed by atoms with Crippen molar-refractivity contribution in [3.63, 3.8) is 0 Å². The zero-order chi connectivity index (χ0) is 10.7. The maximum absolute atomic E-state index is 12.7. The van der Waals surface area contributed by atoms with Gasteiger partial charge in [0.1, 0.15) is 5.82 Å². The van der Waals surface area contributed by atoms with Crippen molar-refractivity contribution in [2.75, 3.05) is 20.1 Å². The second kappa shape index (κ2) is 4.75. The predicted molar refractivity (Wildman–Crippen MR) is 60.3 cm³/mol. The number of rotatable bonds is 2. The van der Waals surface area contributed by atoms with Crippen LogP contribution in [0, 0.1) is 11.7 Å². The van der Waals surface area contributed by atoms with Crippen molar-refractivity contribution in [3.05, 3.63) is 35.6 Å². The molecule has 1 aliphatic rings. The van der Waals surface area contributed by atoms with Gasteiger partial charge >= 0.3 is 0 Å². The van der Waals surface area contributed by atoms with E-state index in [0.717, 1.165) is 12.3 Å². The SMILES string of the molecule is CN1CCC[C@@H](Cc2ccc(F)cc2)C1. The molecule has 1 saturated heterocycles. The molecule has 82 valence electrons. The molecule has 0 radical (unpaired) electrons. The molecule has 1 atom stereocenters. The van der Waals surface area contributed by atoms with Crippen molar-refractivity contribution in [1.82, 2.24) is 4.90 Å². The Balaban J connectivity index is 1.93. The Morgan fingerprint density at radius 3 is 2.73 bits per heavy atom. The van der Waals surface area contributed by atoms with Gasteiger partial charge in [0.05, 0.1) is 0 Å². The van der Waals surface area contributed by atoms with E-state index < -0.39 is 0 Å². The predicted octanol–water partition coefficient (Wildman–Crippen LogP) is 2.71. The number of halogens is 1. The monoisotopic (exact) mass is 207 g/mol. The van der Waals surface area contributed by atoms with Gasteiger partial charge in [-0.2, -0.15) is 0 Å². The fraction of sp³-hybridized carbons (Fsp3) is 0.538. The smallest absolute Gasteiger partial charge is 0.123 e. The standard InChI is InChI=1S/C13H18FN/c1-15-8-2-3-12(10-15)9-11-4-6-13(14)7-5-11/h4-7,12H,2-3,8-10H2,1H3/t12-/m0/s1. The first-order valence-electron chi connectivity index (χ1n) is 5.67. The summed E-state index contributed by atoms with van der Waals surface area (Å²) in [6, 6.07) is 6.93. The van der Waals surface area contributed by atoms with Gasteiger partial charge in [-0.3, -0.25) is 0 Å². The Kier molecular flexibility index (Phi) is 3.37. The van der Waals surface area contributed by atoms with Gasteiger partial charge in [-0.15, -0.1) is 0 Å². The average molecular weight is 207 g/mol. The highest BCUT2D eigenvalue weighted by Gasteiger charge is 2.17. The number of piperidine rings is 1. The second-order valence-electron chi connectivity index (χ2n) is 4.60. The number of benzene rings is 1. The van der Waals surface area contributed by atoms with E-state index in [1.54, 1.807) is 12.1 Å². The van der Waals surface area contributed by atoms with Crippen LogP contribution in [-0.4, -0.2) is 25.0 Å². The quantitative estimate of drug-likeness (QED) is 0.720. The van der Waals surface area contributed by atoms with Gasteiger partial charge in [0.2, 0.25) is 0 Å². The van der Waals surface area contributed by atoms with Crippen LogP contribution < -0.4 is 0 Å². The number of hydrogen-bond donors (Lipinski definition) is 0. The van der Waals surface area contributed by atoms with E-state index in [2.05, 4.69) is 11.9 Å². The molecule has 1 fully saturated rings. The Morgan fingerprint density at radius 2 is 2.07 bits per heavy atom. The fourth-order valence-corrected chi connectivity index (χ4v) is 2.39. The van der Waals surface area contributed by atoms with Gasteiger partial charge in [-0.1, -0.05) is 12.1 Å². The van der Waals surface area contributed by atoms with Crippen LogP contribution in [0.4, 0.5) is 4.39 Å². The highest BCUT2D eigenvalue weighted by atomic mass is 19.1. The minimum Gasteiger partial charge on any atom is -0.306 e. The van der Waals surface area contributed by atoms with Crippen molar-refractivity contribution in [2.45, 2.75) is 19.3 Å². The van der Waals surface area contributed by atoms with Crippen molar-refractivity contribution < 1.29 is 4.39 Å². The molecule has 2 heteroatoms. The van der Waals surface area contributed by atoms with E-state index in [-0.39, 0.29) is 5.82 Å². The maximum atomic E-state index is 12.7. The van der Waals surface area contributed by atoms with Crippen molar-refractivity contribution in [3.8, 4) is 0 Å². The summed E-state index contributed by atoms with van der Waals surface area (Å²) >= 11 is 0.